The lowest BCUT2D eigenvalue weighted by Gasteiger charge is -2.32. The number of hydrogen-bond donors (Lipinski definition) is 1. The molecule has 0 saturated heterocycles. The molecule has 1 aromatic rings. The van der Waals surface area contributed by atoms with E-state index in [9.17, 15) is 9.59 Å². The molecule has 1 N–H and O–H groups in total. The Morgan fingerprint density at radius 1 is 1.45 bits per heavy atom. The van der Waals surface area contributed by atoms with E-state index in [1.54, 1.807) is 16.7 Å². The summed E-state index contributed by atoms with van der Waals surface area (Å²) in [7, 11) is 1.34. The summed E-state index contributed by atoms with van der Waals surface area (Å²) in [6, 6.07) is 7.67. The predicted molar refractivity (Wildman–Crippen MR) is 79.1 cm³/mol. The summed E-state index contributed by atoms with van der Waals surface area (Å²) in [5.41, 5.74) is 0.922. The van der Waals surface area contributed by atoms with Crippen molar-refractivity contribution < 1.29 is 14.3 Å². The Balaban J connectivity index is 2.01. The van der Waals surface area contributed by atoms with E-state index in [1.807, 2.05) is 24.3 Å². The second-order valence-corrected chi connectivity index (χ2v) is 6.05. The highest BCUT2D eigenvalue weighted by Gasteiger charge is 2.26. The van der Waals surface area contributed by atoms with Crippen LogP contribution in [0.15, 0.2) is 29.2 Å². The first kappa shape index (κ1) is 14.7. The first-order valence-electron chi connectivity index (χ1n) is 6.49. The third kappa shape index (κ3) is 3.45. The van der Waals surface area contributed by atoms with E-state index in [-0.39, 0.29) is 25.0 Å². The van der Waals surface area contributed by atoms with Crippen molar-refractivity contribution in [1.82, 2.24) is 5.32 Å². The number of carbonyl (C=O) groups excluding carboxylic acids is 2. The van der Waals surface area contributed by atoms with Gasteiger partial charge in [0.1, 0.15) is 0 Å². The van der Waals surface area contributed by atoms with Crippen molar-refractivity contribution in [3.8, 4) is 0 Å². The van der Waals surface area contributed by atoms with Crippen LogP contribution in [0.3, 0.4) is 0 Å². The molecule has 20 heavy (non-hydrogen) atoms. The molecule has 2 rings (SSSR count). The number of thioether (sulfide) groups is 1. The van der Waals surface area contributed by atoms with Gasteiger partial charge in [-0.2, -0.15) is 0 Å². The van der Waals surface area contributed by atoms with E-state index >= 15 is 0 Å². The summed E-state index contributed by atoms with van der Waals surface area (Å²) < 4.78 is 4.54. The summed E-state index contributed by atoms with van der Waals surface area (Å²) in [6.45, 7) is 3.03. The molecule has 6 heteroatoms. The fraction of sp³-hybridized carbons (Fsp3) is 0.429. The van der Waals surface area contributed by atoms with Crippen molar-refractivity contribution >= 4 is 29.4 Å². The van der Waals surface area contributed by atoms with Gasteiger partial charge in [0.25, 0.3) is 0 Å². The van der Waals surface area contributed by atoms with Crippen LogP contribution in [0.4, 0.5) is 10.5 Å². The zero-order chi connectivity index (χ0) is 14.5. The molecule has 0 aliphatic carbocycles. The molecule has 1 aliphatic heterocycles. The normalized spacial score (nSPS) is 17.3. The van der Waals surface area contributed by atoms with Crippen LogP contribution in [0.5, 0.6) is 0 Å². The second kappa shape index (κ2) is 6.65. The van der Waals surface area contributed by atoms with Crippen LogP contribution >= 0.6 is 11.8 Å². The summed E-state index contributed by atoms with van der Waals surface area (Å²) in [5, 5.41) is 3.10. The molecule has 0 aromatic heterocycles. The van der Waals surface area contributed by atoms with Gasteiger partial charge >= 0.3 is 12.0 Å². The standard InChI is InChI=1S/C14H18N2O3S/c1-10-9-16(11-5-3-4-6-12(11)20-10)14(18)15-8-7-13(17)19-2/h3-6,10H,7-9H2,1-2H3,(H,15,18)/t10-/m0/s1. The highest BCUT2D eigenvalue weighted by Crippen LogP contribution is 2.37. The lowest BCUT2D eigenvalue weighted by atomic mass is 10.2. The van der Waals surface area contributed by atoms with Gasteiger partial charge in [-0.3, -0.25) is 9.69 Å². The maximum Gasteiger partial charge on any atom is 0.321 e. The van der Waals surface area contributed by atoms with E-state index in [2.05, 4.69) is 17.0 Å². The van der Waals surface area contributed by atoms with Crippen LogP contribution in [-0.4, -0.2) is 37.4 Å². The van der Waals surface area contributed by atoms with E-state index in [1.165, 1.54) is 7.11 Å². The quantitative estimate of drug-likeness (QED) is 0.869. The Morgan fingerprint density at radius 3 is 2.95 bits per heavy atom. The Hall–Kier alpha value is -1.69. The van der Waals surface area contributed by atoms with Crippen molar-refractivity contribution in [3.63, 3.8) is 0 Å². The van der Waals surface area contributed by atoms with E-state index in [4.69, 9.17) is 0 Å². The number of ether oxygens (including phenoxy) is 1. The lowest BCUT2D eigenvalue weighted by molar-refractivity contribution is -0.140. The lowest BCUT2D eigenvalue weighted by Crippen LogP contribution is -2.45. The maximum absolute atomic E-state index is 12.2. The smallest absolute Gasteiger partial charge is 0.321 e. The molecule has 1 aromatic carbocycles. The van der Waals surface area contributed by atoms with E-state index in [0.29, 0.717) is 11.8 Å². The molecule has 0 fully saturated rings. The third-order valence-corrected chi connectivity index (χ3v) is 4.15. The maximum atomic E-state index is 12.2. The number of para-hydroxylation sites is 1. The van der Waals surface area contributed by atoms with Crippen LogP contribution in [0.2, 0.25) is 0 Å². The fourth-order valence-electron chi connectivity index (χ4n) is 2.05. The minimum absolute atomic E-state index is 0.173. The number of esters is 1. The van der Waals surface area contributed by atoms with Crippen molar-refractivity contribution in [1.29, 1.82) is 0 Å². The van der Waals surface area contributed by atoms with Gasteiger partial charge in [0.05, 0.1) is 19.2 Å². The largest absolute Gasteiger partial charge is 0.469 e. The van der Waals surface area contributed by atoms with Crippen molar-refractivity contribution in [2.24, 2.45) is 0 Å². The van der Waals surface area contributed by atoms with Gasteiger partial charge in [0.15, 0.2) is 0 Å². The monoisotopic (exact) mass is 294 g/mol. The molecule has 0 bridgehead atoms. The van der Waals surface area contributed by atoms with Gasteiger partial charge in [-0.1, -0.05) is 19.1 Å². The SMILES string of the molecule is COC(=O)CCNC(=O)N1C[C@H](C)Sc2ccccc21. The molecule has 108 valence electrons. The first-order valence-corrected chi connectivity index (χ1v) is 7.37. The molecule has 0 spiro atoms. The molecular formula is C14H18N2O3S. The summed E-state index contributed by atoms with van der Waals surface area (Å²) >= 11 is 1.77. The Kier molecular flexibility index (Phi) is 4.89. The molecule has 5 nitrogen and oxygen atoms in total. The summed E-state index contributed by atoms with van der Waals surface area (Å²) in [4.78, 5) is 26.1. The van der Waals surface area contributed by atoms with Crippen LogP contribution in [0, 0.1) is 0 Å². The Morgan fingerprint density at radius 2 is 2.20 bits per heavy atom. The molecule has 1 heterocycles. The van der Waals surface area contributed by atoms with Crippen molar-refractivity contribution in [2.75, 3.05) is 25.1 Å². The van der Waals surface area contributed by atoms with Crippen molar-refractivity contribution in [2.45, 2.75) is 23.5 Å². The third-order valence-electron chi connectivity index (χ3n) is 3.00. The minimum Gasteiger partial charge on any atom is -0.469 e. The molecule has 0 unspecified atom stereocenters. The van der Waals surface area contributed by atoms with Crippen LogP contribution < -0.4 is 10.2 Å². The van der Waals surface area contributed by atoms with Gasteiger partial charge in [0, 0.05) is 23.2 Å². The highest BCUT2D eigenvalue weighted by molar-refractivity contribution is 8.00. The highest BCUT2D eigenvalue weighted by atomic mass is 32.2. The topological polar surface area (TPSA) is 58.6 Å². The second-order valence-electron chi connectivity index (χ2n) is 4.56. The number of benzene rings is 1. The number of rotatable bonds is 3. The van der Waals surface area contributed by atoms with Crippen LogP contribution in [0.25, 0.3) is 0 Å². The zero-order valence-corrected chi connectivity index (χ0v) is 12.4. The van der Waals surface area contributed by atoms with E-state index in [0.717, 1.165) is 10.6 Å². The fourth-order valence-corrected chi connectivity index (χ4v) is 3.16. The number of nitrogens with zero attached hydrogens (tertiary/aromatic N) is 1. The number of carbonyl (C=O) groups is 2. The zero-order valence-electron chi connectivity index (χ0n) is 11.6. The first-order chi connectivity index (χ1) is 9.61. The van der Waals surface area contributed by atoms with Crippen molar-refractivity contribution in [3.05, 3.63) is 24.3 Å². The van der Waals surface area contributed by atoms with Gasteiger partial charge in [0.2, 0.25) is 0 Å². The number of amides is 2. The number of fused-ring (bicyclic) bond motifs is 1. The van der Waals surface area contributed by atoms with Gasteiger partial charge in [-0.25, -0.2) is 4.79 Å². The number of anilines is 1. The van der Waals surface area contributed by atoms with E-state index < -0.39 is 0 Å². The van der Waals surface area contributed by atoms with Gasteiger partial charge < -0.3 is 10.1 Å². The summed E-state index contributed by atoms with van der Waals surface area (Å²) in [6.07, 6.45) is 0.183. The summed E-state index contributed by atoms with van der Waals surface area (Å²) in [5.74, 6) is -0.326. The molecular weight excluding hydrogens is 276 g/mol. The van der Waals surface area contributed by atoms with Crippen LogP contribution in [0.1, 0.15) is 13.3 Å². The number of urea groups is 1. The predicted octanol–water partition coefficient (Wildman–Crippen LogP) is 2.26. The average molecular weight is 294 g/mol. The van der Waals surface area contributed by atoms with Gasteiger partial charge in [-0.05, 0) is 12.1 Å². The number of hydrogen-bond acceptors (Lipinski definition) is 4. The minimum atomic E-state index is -0.326. The van der Waals surface area contributed by atoms with Gasteiger partial charge in [-0.15, -0.1) is 11.8 Å². The number of methoxy groups -OCH3 is 1. The molecule has 1 atom stereocenters. The van der Waals surface area contributed by atoms with Crippen LogP contribution in [-0.2, 0) is 9.53 Å². The average Bonchev–Trinajstić information content (AvgIpc) is 2.45. The molecule has 1 aliphatic rings. The number of nitrogens with one attached hydrogen (secondary N) is 1. The Bertz CT molecular complexity index is 507. The Labute approximate surface area is 122 Å². The molecule has 0 radical (unpaired) electrons. The molecule has 0 saturated carbocycles. The molecule has 2 amide bonds.